The largest absolute Gasteiger partial charge is 0.395 e. The van der Waals surface area contributed by atoms with Crippen LogP contribution < -0.4 is 0 Å². The summed E-state index contributed by atoms with van der Waals surface area (Å²) in [5.41, 5.74) is 2.20. The van der Waals surface area contributed by atoms with Crippen molar-refractivity contribution < 1.29 is 9.84 Å². The zero-order valence-electron chi connectivity index (χ0n) is 11.4. The summed E-state index contributed by atoms with van der Waals surface area (Å²) in [4.78, 5) is 2.25. The molecule has 1 saturated heterocycles. The smallest absolute Gasteiger partial charge is 0.0645 e. The molecule has 1 aliphatic heterocycles. The number of para-hydroxylation sites is 1. The molecule has 5 nitrogen and oxygen atoms in total. The van der Waals surface area contributed by atoms with E-state index in [1.54, 1.807) is 0 Å². The van der Waals surface area contributed by atoms with Crippen molar-refractivity contribution in [2.75, 3.05) is 26.4 Å². The Bertz CT molecular complexity index is 541. The predicted octanol–water partition coefficient (Wildman–Crippen LogP) is 1.07. The van der Waals surface area contributed by atoms with Crippen LogP contribution in [-0.2, 0) is 11.3 Å². The van der Waals surface area contributed by atoms with E-state index in [0.29, 0.717) is 6.61 Å². The molecule has 0 radical (unpaired) electrons. The number of morpholine rings is 1. The maximum Gasteiger partial charge on any atom is 0.0645 e. The highest BCUT2D eigenvalue weighted by Gasteiger charge is 2.22. The number of nitrogens with zero attached hydrogens (tertiary/aromatic N) is 3. The number of aliphatic hydroxyl groups excluding tert-OH is 1. The predicted molar refractivity (Wildman–Crippen MR) is 75.7 cm³/mol. The second-order valence-corrected chi connectivity index (χ2v) is 5.01. The van der Waals surface area contributed by atoms with Crippen molar-refractivity contribution in [2.45, 2.75) is 12.6 Å². The lowest BCUT2D eigenvalue weighted by Gasteiger charge is -2.33. The van der Waals surface area contributed by atoms with Crippen molar-refractivity contribution in [3.63, 3.8) is 0 Å². The van der Waals surface area contributed by atoms with Gasteiger partial charge in [-0.2, -0.15) is 5.10 Å². The molecule has 2 heterocycles. The molecule has 20 heavy (non-hydrogen) atoms. The highest BCUT2D eigenvalue weighted by atomic mass is 16.5. The van der Waals surface area contributed by atoms with Crippen molar-refractivity contribution in [1.29, 1.82) is 0 Å². The molecular formula is C15H19N3O2. The SMILES string of the molecule is OC[C@@H]1COCCN1Cc1cnn(-c2ccccc2)c1. The second kappa shape index (κ2) is 6.17. The topological polar surface area (TPSA) is 50.5 Å². The van der Waals surface area contributed by atoms with Crippen LogP contribution in [0.1, 0.15) is 5.56 Å². The zero-order valence-corrected chi connectivity index (χ0v) is 11.4. The van der Waals surface area contributed by atoms with E-state index in [1.807, 2.05) is 47.4 Å². The molecule has 1 fully saturated rings. The van der Waals surface area contributed by atoms with Crippen LogP contribution >= 0.6 is 0 Å². The van der Waals surface area contributed by atoms with Gasteiger partial charge in [0, 0.05) is 24.8 Å². The molecule has 1 aliphatic rings. The Hall–Kier alpha value is -1.69. The molecule has 1 aromatic heterocycles. The van der Waals surface area contributed by atoms with Gasteiger partial charge in [-0.15, -0.1) is 0 Å². The van der Waals surface area contributed by atoms with Gasteiger partial charge in [0.25, 0.3) is 0 Å². The maximum atomic E-state index is 9.38. The number of benzene rings is 1. The maximum absolute atomic E-state index is 9.38. The van der Waals surface area contributed by atoms with Gasteiger partial charge in [-0.3, -0.25) is 4.90 Å². The minimum atomic E-state index is 0.0869. The first-order valence-corrected chi connectivity index (χ1v) is 6.88. The van der Waals surface area contributed by atoms with Gasteiger partial charge in [-0.05, 0) is 12.1 Å². The van der Waals surface area contributed by atoms with Crippen molar-refractivity contribution in [2.24, 2.45) is 0 Å². The summed E-state index contributed by atoms with van der Waals surface area (Å²) >= 11 is 0. The molecule has 0 bridgehead atoms. The zero-order chi connectivity index (χ0) is 13.8. The summed E-state index contributed by atoms with van der Waals surface area (Å²) < 4.78 is 7.27. The third-order valence-corrected chi connectivity index (χ3v) is 3.60. The molecule has 0 aliphatic carbocycles. The Kier molecular flexibility index (Phi) is 4.11. The summed E-state index contributed by atoms with van der Waals surface area (Å²) in [7, 11) is 0. The van der Waals surface area contributed by atoms with Gasteiger partial charge in [0.15, 0.2) is 0 Å². The number of hydrogen-bond donors (Lipinski definition) is 1. The van der Waals surface area contributed by atoms with Gasteiger partial charge in [0.05, 0.1) is 37.7 Å². The average molecular weight is 273 g/mol. The van der Waals surface area contributed by atoms with Gasteiger partial charge in [0.2, 0.25) is 0 Å². The summed E-state index contributed by atoms with van der Waals surface area (Å²) in [5.74, 6) is 0. The fourth-order valence-corrected chi connectivity index (χ4v) is 2.46. The first-order valence-electron chi connectivity index (χ1n) is 6.88. The number of hydrogen-bond acceptors (Lipinski definition) is 4. The minimum Gasteiger partial charge on any atom is -0.395 e. The minimum absolute atomic E-state index is 0.0869. The molecular weight excluding hydrogens is 254 g/mol. The Morgan fingerprint density at radius 2 is 2.15 bits per heavy atom. The van der Waals surface area contributed by atoms with Crippen molar-refractivity contribution in [3.05, 3.63) is 48.3 Å². The van der Waals surface area contributed by atoms with Gasteiger partial charge < -0.3 is 9.84 Å². The molecule has 0 unspecified atom stereocenters. The molecule has 1 N–H and O–H groups in total. The molecule has 2 aromatic rings. The second-order valence-electron chi connectivity index (χ2n) is 5.01. The fourth-order valence-electron chi connectivity index (χ4n) is 2.46. The molecule has 106 valence electrons. The van der Waals surface area contributed by atoms with Crippen LogP contribution in [0.5, 0.6) is 0 Å². The molecule has 5 heteroatoms. The quantitative estimate of drug-likeness (QED) is 0.905. The standard InChI is InChI=1S/C15H19N3O2/c19-11-15-12-20-7-6-17(15)9-13-8-16-18(10-13)14-4-2-1-3-5-14/h1-5,8,10,15,19H,6-7,9,11-12H2/t15-/m1/s1. The molecule has 1 aromatic carbocycles. The summed E-state index contributed by atoms with van der Waals surface area (Å²) in [5, 5.41) is 13.8. The third kappa shape index (κ3) is 2.90. The van der Waals surface area contributed by atoms with E-state index in [2.05, 4.69) is 10.00 Å². The van der Waals surface area contributed by atoms with Crippen LogP contribution in [0, 0.1) is 0 Å². The van der Waals surface area contributed by atoms with Crippen molar-refractivity contribution in [1.82, 2.24) is 14.7 Å². The van der Waals surface area contributed by atoms with Crippen LogP contribution in [-0.4, -0.2) is 52.2 Å². The Balaban J connectivity index is 1.71. The molecule has 0 amide bonds. The molecule has 0 spiro atoms. The number of rotatable bonds is 4. The van der Waals surface area contributed by atoms with Gasteiger partial charge in [-0.25, -0.2) is 4.68 Å². The van der Waals surface area contributed by atoms with E-state index in [9.17, 15) is 5.11 Å². The molecule has 1 atom stereocenters. The van der Waals surface area contributed by atoms with Crippen LogP contribution in [0.4, 0.5) is 0 Å². The number of ether oxygens (including phenoxy) is 1. The summed E-state index contributed by atoms with van der Waals surface area (Å²) in [6.45, 7) is 3.10. The van der Waals surface area contributed by atoms with Crippen LogP contribution in [0.25, 0.3) is 5.69 Å². The molecule has 0 saturated carbocycles. The van der Waals surface area contributed by atoms with Crippen molar-refractivity contribution in [3.8, 4) is 5.69 Å². The normalized spacial score (nSPS) is 20.1. The Labute approximate surface area is 118 Å². The van der Waals surface area contributed by atoms with Crippen molar-refractivity contribution >= 4 is 0 Å². The first-order chi connectivity index (χ1) is 9.86. The van der Waals surface area contributed by atoms with E-state index in [-0.39, 0.29) is 12.6 Å². The van der Waals surface area contributed by atoms with Gasteiger partial charge >= 0.3 is 0 Å². The number of aromatic nitrogens is 2. The van der Waals surface area contributed by atoms with E-state index in [4.69, 9.17) is 4.74 Å². The van der Waals surface area contributed by atoms with Crippen LogP contribution in [0.3, 0.4) is 0 Å². The monoisotopic (exact) mass is 273 g/mol. The average Bonchev–Trinajstić information content (AvgIpc) is 2.97. The van der Waals surface area contributed by atoms with E-state index < -0.39 is 0 Å². The van der Waals surface area contributed by atoms with E-state index in [1.165, 1.54) is 0 Å². The van der Waals surface area contributed by atoms with Crippen LogP contribution in [0.15, 0.2) is 42.7 Å². The van der Waals surface area contributed by atoms with Gasteiger partial charge in [0.1, 0.15) is 0 Å². The lowest BCUT2D eigenvalue weighted by atomic mass is 10.2. The third-order valence-electron chi connectivity index (χ3n) is 3.60. The molecule has 3 rings (SSSR count). The lowest BCUT2D eigenvalue weighted by Crippen LogP contribution is -2.46. The fraction of sp³-hybridized carbons (Fsp3) is 0.400. The Morgan fingerprint density at radius 3 is 2.95 bits per heavy atom. The summed E-state index contributed by atoms with van der Waals surface area (Å²) in [6.07, 6.45) is 3.93. The Morgan fingerprint density at radius 1 is 1.30 bits per heavy atom. The van der Waals surface area contributed by atoms with E-state index >= 15 is 0 Å². The van der Waals surface area contributed by atoms with Crippen LogP contribution in [0.2, 0.25) is 0 Å². The highest BCUT2D eigenvalue weighted by molar-refractivity contribution is 5.30. The first kappa shape index (κ1) is 13.3. The lowest BCUT2D eigenvalue weighted by molar-refractivity contribution is -0.0312. The van der Waals surface area contributed by atoms with Gasteiger partial charge in [-0.1, -0.05) is 18.2 Å². The van der Waals surface area contributed by atoms with E-state index in [0.717, 1.165) is 30.9 Å². The number of aliphatic hydroxyl groups is 1. The highest BCUT2D eigenvalue weighted by Crippen LogP contribution is 2.13. The summed E-state index contributed by atoms with van der Waals surface area (Å²) in [6, 6.07) is 10.1.